The minimum atomic E-state index is -1.30. The average molecular weight is 316 g/mol. The largest absolute Gasteiger partial charge is 0.612 e. The van der Waals surface area contributed by atoms with Crippen LogP contribution in [0.25, 0.3) is 21.9 Å². The lowest BCUT2D eigenvalue weighted by atomic mass is 10.1. The van der Waals surface area contributed by atoms with Crippen LogP contribution < -0.4 is 5.43 Å². The fraction of sp³-hybridized carbons (Fsp3) is 0.125. The number of carboxylic acid groups (broad SMARTS) is 1. The van der Waals surface area contributed by atoms with E-state index in [-0.39, 0.29) is 27.5 Å². The number of carbonyl (C=O) groups is 1. The highest BCUT2D eigenvalue weighted by Gasteiger charge is 2.18. The molecule has 0 aliphatic rings. The second kappa shape index (κ2) is 5.15. The number of benzene rings is 2. The lowest BCUT2D eigenvalue weighted by Gasteiger charge is -2.09. The van der Waals surface area contributed by atoms with E-state index in [1.807, 2.05) is 0 Å². The van der Waals surface area contributed by atoms with Gasteiger partial charge in [0.1, 0.15) is 11.8 Å². The third-order valence-corrected chi connectivity index (χ3v) is 4.36. The van der Waals surface area contributed by atoms with Crippen LogP contribution in [0.4, 0.5) is 0 Å². The Kier molecular flexibility index (Phi) is 3.42. The van der Waals surface area contributed by atoms with Gasteiger partial charge in [-0.2, -0.15) is 0 Å². The molecule has 1 N–H and O–H groups in total. The van der Waals surface area contributed by atoms with E-state index >= 15 is 0 Å². The molecule has 0 aliphatic heterocycles. The van der Waals surface area contributed by atoms with Crippen LogP contribution in [0.3, 0.4) is 0 Å². The molecule has 1 atom stereocenters. The van der Waals surface area contributed by atoms with Gasteiger partial charge in [0.15, 0.2) is 10.5 Å². The molecule has 0 saturated heterocycles. The molecule has 6 heteroatoms. The summed E-state index contributed by atoms with van der Waals surface area (Å²) < 4.78 is 17.6. The van der Waals surface area contributed by atoms with Gasteiger partial charge in [-0.15, -0.1) is 0 Å². The Morgan fingerprint density at radius 1 is 1.23 bits per heavy atom. The normalized spacial score (nSPS) is 12.7. The predicted octanol–water partition coefficient (Wildman–Crippen LogP) is 2.69. The van der Waals surface area contributed by atoms with Crippen molar-refractivity contribution in [1.82, 2.24) is 0 Å². The van der Waals surface area contributed by atoms with E-state index in [1.165, 1.54) is 24.5 Å². The lowest BCUT2D eigenvalue weighted by Crippen LogP contribution is -2.08. The van der Waals surface area contributed by atoms with Crippen LogP contribution in [0.15, 0.2) is 44.4 Å². The molecule has 22 heavy (non-hydrogen) atoms. The van der Waals surface area contributed by atoms with Crippen molar-refractivity contribution >= 4 is 39.1 Å². The Labute approximate surface area is 128 Å². The molecule has 1 unspecified atom stereocenters. The van der Waals surface area contributed by atoms with Gasteiger partial charge >= 0.3 is 5.97 Å². The predicted molar refractivity (Wildman–Crippen MR) is 84.0 cm³/mol. The monoisotopic (exact) mass is 316 g/mol. The highest BCUT2D eigenvalue weighted by Crippen LogP contribution is 2.27. The van der Waals surface area contributed by atoms with Gasteiger partial charge in [-0.05, 0) is 47.9 Å². The van der Waals surface area contributed by atoms with Gasteiger partial charge < -0.3 is 14.1 Å². The maximum Gasteiger partial charge on any atom is 0.335 e. The van der Waals surface area contributed by atoms with Gasteiger partial charge in [-0.1, -0.05) is 0 Å². The molecule has 2 aromatic carbocycles. The Balaban J connectivity index is 2.49. The molecule has 0 bridgehead atoms. The van der Waals surface area contributed by atoms with E-state index in [0.717, 1.165) is 5.56 Å². The fourth-order valence-corrected chi connectivity index (χ4v) is 3.18. The molecule has 112 valence electrons. The minimum Gasteiger partial charge on any atom is -0.612 e. The Hall–Kier alpha value is -2.31. The molecule has 0 spiro atoms. The summed E-state index contributed by atoms with van der Waals surface area (Å²) in [5, 5.41) is 9.54. The van der Waals surface area contributed by atoms with E-state index in [2.05, 4.69) is 0 Å². The van der Waals surface area contributed by atoms with Gasteiger partial charge in [0, 0.05) is 6.07 Å². The first-order chi connectivity index (χ1) is 10.4. The van der Waals surface area contributed by atoms with E-state index in [0.29, 0.717) is 10.3 Å². The molecule has 3 aromatic rings. The van der Waals surface area contributed by atoms with E-state index in [9.17, 15) is 14.1 Å². The van der Waals surface area contributed by atoms with Crippen molar-refractivity contribution in [1.29, 1.82) is 0 Å². The Morgan fingerprint density at radius 3 is 2.59 bits per heavy atom. The molecule has 0 aliphatic carbocycles. The molecular formula is C16H12O5S. The number of hydrogen-bond donors (Lipinski definition) is 1. The van der Waals surface area contributed by atoms with Crippen molar-refractivity contribution in [2.24, 2.45) is 0 Å². The summed E-state index contributed by atoms with van der Waals surface area (Å²) in [4.78, 5) is 24.1. The molecule has 5 nitrogen and oxygen atoms in total. The molecule has 3 rings (SSSR count). The average Bonchev–Trinajstić information content (AvgIpc) is 2.47. The lowest BCUT2D eigenvalue weighted by molar-refractivity contribution is 0.0697. The zero-order valence-electron chi connectivity index (χ0n) is 11.9. The molecular weight excluding hydrogens is 304 g/mol. The first-order valence-electron chi connectivity index (χ1n) is 6.46. The molecule has 1 heterocycles. The second-order valence-electron chi connectivity index (χ2n) is 5.04. The standard InChI is InChI=1S/C16H12O5S/c1-8-5-11-14(17)10-7-9(16(18)19)3-4-12(10)21-15(11)13(6-8)22(2)20/h3-7H,1-2H3,(H,18,19). The number of fused-ring (bicyclic) bond motifs is 2. The summed E-state index contributed by atoms with van der Waals surface area (Å²) in [6.07, 6.45) is 1.52. The van der Waals surface area contributed by atoms with Crippen molar-refractivity contribution in [2.45, 2.75) is 11.8 Å². The zero-order chi connectivity index (χ0) is 16.0. The zero-order valence-corrected chi connectivity index (χ0v) is 12.7. The van der Waals surface area contributed by atoms with E-state index in [1.54, 1.807) is 19.1 Å². The van der Waals surface area contributed by atoms with Gasteiger partial charge in [0.05, 0.1) is 16.3 Å². The molecule has 0 radical (unpaired) electrons. The van der Waals surface area contributed by atoms with Crippen LogP contribution >= 0.6 is 0 Å². The van der Waals surface area contributed by atoms with Crippen LogP contribution in [0, 0.1) is 6.92 Å². The maximum absolute atomic E-state index is 12.6. The molecule has 0 saturated carbocycles. The van der Waals surface area contributed by atoms with Crippen LogP contribution in [-0.4, -0.2) is 21.9 Å². The molecule has 1 aromatic heterocycles. The maximum atomic E-state index is 12.6. The van der Waals surface area contributed by atoms with Crippen molar-refractivity contribution in [3.05, 3.63) is 51.7 Å². The molecule has 0 fully saturated rings. The third-order valence-electron chi connectivity index (χ3n) is 3.44. The first kappa shape index (κ1) is 14.6. The van der Waals surface area contributed by atoms with Gasteiger partial charge in [-0.25, -0.2) is 4.79 Å². The van der Waals surface area contributed by atoms with Crippen molar-refractivity contribution in [2.75, 3.05) is 6.26 Å². The fourth-order valence-electron chi connectivity index (χ4n) is 2.41. The van der Waals surface area contributed by atoms with Crippen LogP contribution in [0.2, 0.25) is 0 Å². The summed E-state index contributed by atoms with van der Waals surface area (Å²) in [6.45, 7) is 1.80. The number of rotatable bonds is 2. The molecule has 0 amide bonds. The number of carboxylic acids is 1. The van der Waals surface area contributed by atoms with Gasteiger partial charge in [0.2, 0.25) is 5.43 Å². The summed E-state index contributed by atoms with van der Waals surface area (Å²) in [7, 11) is 0. The Bertz CT molecular complexity index is 972. The smallest absolute Gasteiger partial charge is 0.335 e. The SMILES string of the molecule is Cc1cc([S+](C)[O-])c2oc3ccc(C(=O)O)cc3c(=O)c2c1. The topological polar surface area (TPSA) is 90.6 Å². The van der Waals surface area contributed by atoms with Gasteiger partial charge in [0.25, 0.3) is 0 Å². The highest BCUT2D eigenvalue weighted by atomic mass is 32.2. The van der Waals surface area contributed by atoms with E-state index in [4.69, 9.17) is 9.52 Å². The van der Waals surface area contributed by atoms with Crippen LogP contribution in [0.5, 0.6) is 0 Å². The summed E-state index contributed by atoms with van der Waals surface area (Å²) in [5.41, 5.74) is 1.05. The number of hydrogen-bond acceptors (Lipinski definition) is 4. The quantitative estimate of drug-likeness (QED) is 0.580. The van der Waals surface area contributed by atoms with E-state index < -0.39 is 17.1 Å². The third kappa shape index (κ3) is 2.26. The second-order valence-corrected chi connectivity index (χ2v) is 6.39. The first-order valence-corrected chi connectivity index (χ1v) is 8.02. The minimum absolute atomic E-state index is 0.0195. The van der Waals surface area contributed by atoms with Crippen LogP contribution in [-0.2, 0) is 11.2 Å². The summed E-state index contributed by atoms with van der Waals surface area (Å²) in [5.74, 6) is -1.11. The highest BCUT2D eigenvalue weighted by molar-refractivity contribution is 7.91. The number of aryl methyl sites for hydroxylation is 1. The summed E-state index contributed by atoms with van der Waals surface area (Å²) in [6, 6.07) is 7.50. The van der Waals surface area contributed by atoms with Crippen LogP contribution in [0.1, 0.15) is 15.9 Å². The summed E-state index contributed by atoms with van der Waals surface area (Å²) >= 11 is -1.30. The van der Waals surface area contributed by atoms with Gasteiger partial charge in [-0.3, -0.25) is 4.79 Å². The van der Waals surface area contributed by atoms with Crippen molar-refractivity contribution in [3.8, 4) is 0 Å². The van der Waals surface area contributed by atoms with Crippen molar-refractivity contribution < 1.29 is 18.9 Å². The van der Waals surface area contributed by atoms with Crippen molar-refractivity contribution in [3.63, 3.8) is 0 Å². The number of aromatic carboxylic acids is 1. The Morgan fingerprint density at radius 2 is 1.95 bits per heavy atom.